The van der Waals surface area contributed by atoms with Gasteiger partial charge in [0, 0.05) is 24.1 Å². The van der Waals surface area contributed by atoms with Crippen molar-refractivity contribution in [3.63, 3.8) is 0 Å². The molecule has 0 radical (unpaired) electrons. The lowest BCUT2D eigenvalue weighted by atomic mass is 10.3. The van der Waals surface area contributed by atoms with Crippen molar-refractivity contribution in [2.24, 2.45) is 0 Å². The zero-order valence-corrected chi connectivity index (χ0v) is 14.7. The van der Waals surface area contributed by atoms with Crippen LogP contribution in [-0.4, -0.2) is 28.0 Å². The van der Waals surface area contributed by atoms with Crippen molar-refractivity contribution < 1.29 is 13.6 Å². The smallest absolute Gasteiger partial charge is 0.230 e. The van der Waals surface area contributed by atoms with Crippen molar-refractivity contribution in [3.05, 3.63) is 78.1 Å². The second kappa shape index (κ2) is 8.62. The monoisotopic (exact) mass is 373 g/mol. The van der Waals surface area contributed by atoms with Crippen LogP contribution in [0.25, 0.3) is 5.69 Å². The van der Waals surface area contributed by atoms with Crippen LogP contribution in [0.1, 0.15) is 5.69 Å². The largest absolute Gasteiger partial charge is 0.355 e. The maximum atomic E-state index is 13.1. The number of hydrogen-bond acceptors (Lipinski definition) is 3. The molecule has 3 aromatic rings. The predicted molar refractivity (Wildman–Crippen MR) is 97.4 cm³/mol. The van der Waals surface area contributed by atoms with Crippen LogP contribution in [0.5, 0.6) is 0 Å². The molecule has 0 unspecified atom stereocenters. The Balaban J connectivity index is 1.42. The number of aromatic nitrogens is 2. The van der Waals surface area contributed by atoms with Crippen molar-refractivity contribution in [2.45, 2.75) is 11.3 Å². The molecular weight excluding hydrogens is 356 g/mol. The van der Waals surface area contributed by atoms with Crippen molar-refractivity contribution in [1.29, 1.82) is 0 Å². The van der Waals surface area contributed by atoms with Crippen molar-refractivity contribution >= 4 is 17.7 Å². The van der Waals surface area contributed by atoms with Crippen LogP contribution in [0.4, 0.5) is 8.78 Å². The van der Waals surface area contributed by atoms with Gasteiger partial charge in [-0.25, -0.2) is 13.5 Å². The van der Waals surface area contributed by atoms with E-state index in [0.717, 1.165) is 35.3 Å². The highest BCUT2D eigenvalue weighted by Crippen LogP contribution is 2.20. The predicted octanol–water partition coefficient (Wildman–Crippen LogP) is 3.60. The van der Waals surface area contributed by atoms with Gasteiger partial charge in [-0.2, -0.15) is 5.10 Å². The molecule has 0 aliphatic carbocycles. The number of halogens is 2. The quantitative estimate of drug-likeness (QED) is 0.644. The maximum absolute atomic E-state index is 13.1. The summed E-state index contributed by atoms with van der Waals surface area (Å²) in [6.07, 6.45) is 2.49. The molecule has 1 aromatic heterocycles. The van der Waals surface area contributed by atoms with E-state index in [0.29, 0.717) is 17.9 Å². The summed E-state index contributed by atoms with van der Waals surface area (Å²) in [5.41, 5.74) is 1.85. The van der Waals surface area contributed by atoms with E-state index in [1.54, 1.807) is 4.68 Å². The first kappa shape index (κ1) is 18.1. The number of amides is 1. The highest BCUT2D eigenvalue weighted by atomic mass is 32.2. The molecule has 7 heteroatoms. The Hall–Kier alpha value is -2.67. The van der Waals surface area contributed by atoms with Crippen LogP contribution in [-0.2, 0) is 11.2 Å². The molecular formula is C19H17F2N3OS. The van der Waals surface area contributed by atoms with Gasteiger partial charge in [0.15, 0.2) is 11.6 Å². The molecule has 0 atom stereocenters. The molecule has 0 saturated carbocycles. The molecule has 1 N–H and O–H groups in total. The fraction of sp³-hybridized carbons (Fsp3) is 0.158. The van der Waals surface area contributed by atoms with Gasteiger partial charge < -0.3 is 5.32 Å². The van der Waals surface area contributed by atoms with Gasteiger partial charge in [0.2, 0.25) is 5.91 Å². The lowest BCUT2D eigenvalue weighted by molar-refractivity contribution is -0.118. The molecule has 0 aliphatic rings. The first-order valence-electron chi connectivity index (χ1n) is 8.06. The lowest BCUT2D eigenvalue weighted by Gasteiger charge is -2.05. The van der Waals surface area contributed by atoms with Gasteiger partial charge in [-0.1, -0.05) is 18.2 Å². The summed E-state index contributed by atoms with van der Waals surface area (Å²) in [6, 6.07) is 15.3. The summed E-state index contributed by atoms with van der Waals surface area (Å²) >= 11 is 1.16. The number of carbonyl (C=O) groups excluding carboxylic acids is 1. The first-order valence-corrected chi connectivity index (χ1v) is 9.05. The molecule has 1 heterocycles. The third-order valence-electron chi connectivity index (χ3n) is 3.63. The number of benzene rings is 2. The van der Waals surface area contributed by atoms with Gasteiger partial charge in [0.05, 0.1) is 17.1 Å². The molecule has 0 aliphatic heterocycles. The Morgan fingerprint density at radius 3 is 2.65 bits per heavy atom. The van der Waals surface area contributed by atoms with Crippen molar-refractivity contribution in [3.8, 4) is 5.69 Å². The Morgan fingerprint density at radius 1 is 1.08 bits per heavy atom. The van der Waals surface area contributed by atoms with Crippen LogP contribution in [0.15, 0.2) is 65.7 Å². The van der Waals surface area contributed by atoms with E-state index in [9.17, 15) is 13.6 Å². The second-order valence-electron chi connectivity index (χ2n) is 5.55. The highest BCUT2D eigenvalue weighted by Gasteiger charge is 2.07. The second-order valence-corrected chi connectivity index (χ2v) is 6.60. The van der Waals surface area contributed by atoms with Crippen LogP contribution in [0.2, 0.25) is 0 Å². The van der Waals surface area contributed by atoms with Crippen LogP contribution in [0.3, 0.4) is 0 Å². The van der Waals surface area contributed by atoms with Crippen LogP contribution in [0, 0.1) is 11.6 Å². The number of thioether (sulfide) groups is 1. The molecule has 2 aromatic carbocycles. The molecule has 0 spiro atoms. The van der Waals surface area contributed by atoms with Gasteiger partial charge in [-0.15, -0.1) is 11.8 Å². The average Bonchev–Trinajstić information content (AvgIpc) is 3.12. The van der Waals surface area contributed by atoms with Gasteiger partial charge >= 0.3 is 0 Å². The highest BCUT2D eigenvalue weighted by molar-refractivity contribution is 8.00. The van der Waals surface area contributed by atoms with E-state index >= 15 is 0 Å². The van der Waals surface area contributed by atoms with Gasteiger partial charge in [0.1, 0.15) is 0 Å². The van der Waals surface area contributed by atoms with E-state index in [2.05, 4.69) is 10.4 Å². The summed E-state index contributed by atoms with van der Waals surface area (Å²) < 4.78 is 27.8. The first-order chi connectivity index (χ1) is 12.6. The molecule has 0 bridgehead atoms. The Bertz CT molecular complexity index is 884. The summed E-state index contributed by atoms with van der Waals surface area (Å²) in [5, 5.41) is 7.27. The minimum Gasteiger partial charge on any atom is -0.355 e. The summed E-state index contributed by atoms with van der Waals surface area (Å²) in [7, 11) is 0. The minimum absolute atomic E-state index is 0.142. The Morgan fingerprint density at radius 2 is 1.88 bits per heavy atom. The summed E-state index contributed by atoms with van der Waals surface area (Å²) in [6.45, 7) is 0.461. The SMILES string of the molecule is O=C(CSc1ccc(F)c(F)c1)NCCc1ccn(-c2ccccc2)n1. The Kier molecular flexibility index (Phi) is 6.01. The van der Waals surface area contributed by atoms with E-state index in [1.807, 2.05) is 42.6 Å². The van der Waals surface area contributed by atoms with E-state index in [4.69, 9.17) is 0 Å². The Labute approximate surface area is 154 Å². The minimum atomic E-state index is -0.913. The van der Waals surface area contributed by atoms with Crippen LogP contribution >= 0.6 is 11.8 Å². The summed E-state index contributed by atoms with van der Waals surface area (Å²) in [5.74, 6) is -1.83. The zero-order valence-electron chi connectivity index (χ0n) is 13.9. The maximum Gasteiger partial charge on any atom is 0.230 e. The molecule has 1 amide bonds. The third kappa shape index (κ3) is 4.92. The fourth-order valence-electron chi connectivity index (χ4n) is 2.32. The van der Waals surface area contributed by atoms with Gasteiger partial charge in [-0.05, 0) is 36.4 Å². The fourth-order valence-corrected chi connectivity index (χ4v) is 3.07. The number of hydrogen-bond donors (Lipinski definition) is 1. The third-order valence-corrected chi connectivity index (χ3v) is 4.62. The standard InChI is InChI=1S/C19H17F2N3OS/c20-17-7-6-16(12-18(17)21)26-13-19(25)22-10-8-14-9-11-24(23-14)15-4-2-1-3-5-15/h1-7,9,11-12H,8,10,13H2,(H,22,25). The molecule has 0 fully saturated rings. The zero-order chi connectivity index (χ0) is 18.4. The topological polar surface area (TPSA) is 46.9 Å². The van der Waals surface area contributed by atoms with E-state index in [1.165, 1.54) is 6.07 Å². The molecule has 4 nitrogen and oxygen atoms in total. The average molecular weight is 373 g/mol. The van der Waals surface area contributed by atoms with Crippen LogP contribution < -0.4 is 5.32 Å². The number of nitrogens with one attached hydrogen (secondary N) is 1. The number of nitrogens with zero attached hydrogens (tertiary/aromatic N) is 2. The molecule has 26 heavy (non-hydrogen) atoms. The van der Waals surface area contributed by atoms with Gasteiger partial charge in [0.25, 0.3) is 0 Å². The molecule has 3 rings (SSSR count). The number of carbonyl (C=O) groups is 1. The van der Waals surface area contributed by atoms with Crippen molar-refractivity contribution in [1.82, 2.24) is 15.1 Å². The lowest BCUT2D eigenvalue weighted by Crippen LogP contribution is -2.27. The van der Waals surface area contributed by atoms with Gasteiger partial charge in [-0.3, -0.25) is 4.79 Å². The van der Waals surface area contributed by atoms with E-state index in [-0.39, 0.29) is 11.7 Å². The molecule has 134 valence electrons. The number of para-hydroxylation sites is 1. The van der Waals surface area contributed by atoms with E-state index < -0.39 is 11.6 Å². The normalized spacial score (nSPS) is 10.7. The molecule has 0 saturated heterocycles. The number of rotatable bonds is 7. The summed E-state index contributed by atoms with van der Waals surface area (Å²) in [4.78, 5) is 12.4. The van der Waals surface area contributed by atoms with Crippen molar-refractivity contribution in [2.75, 3.05) is 12.3 Å².